The summed E-state index contributed by atoms with van der Waals surface area (Å²) in [7, 11) is -0.542. The van der Waals surface area contributed by atoms with E-state index in [0.29, 0.717) is 0 Å². The summed E-state index contributed by atoms with van der Waals surface area (Å²) in [5, 5.41) is 0. The summed E-state index contributed by atoms with van der Waals surface area (Å²) in [6.07, 6.45) is 0. The van der Waals surface area contributed by atoms with E-state index in [1.165, 1.54) is 12.1 Å². The first-order chi connectivity index (χ1) is 7.06. The highest BCUT2D eigenvalue weighted by Crippen LogP contribution is 2.12. The topological polar surface area (TPSA) is 52.6 Å². The Kier molecular flexibility index (Phi) is 4.26. The van der Waals surface area contributed by atoms with Gasteiger partial charge in [0.25, 0.3) is 10.1 Å². The molecule has 0 saturated carbocycles. The van der Waals surface area contributed by atoms with Gasteiger partial charge in [-0.2, -0.15) is 8.42 Å². The largest absolute Gasteiger partial charge is 0.553 e. The monoisotopic (exact) mass is 229 g/mol. The standard InChI is InChI=1S/C10H13O4S/c1-9-3-5-10(6-4-9)15(11,12)14-8-7-13-2/h3-6H,2,7-8H2,1H3/q-1. The molecule has 0 unspecified atom stereocenters. The van der Waals surface area contributed by atoms with Crippen LogP contribution in [-0.2, 0) is 19.0 Å². The Bertz CT molecular complexity index is 394. The normalized spacial score (nSPS) is 11.6. The summed E-state index contributed by atoms with van der Waals surface area (Å²) in [6, 6.07) is 6.45. The van der Waals surface area contributed by atoms with Crippen LogP contribution in [0.3, 0.4) is 0 Å². The van der Waals surface area contributed by atoms with E-state index in [9.17, 15) is 8.42 Å². The van der Waals surface area contributed by atoms with Crippen LogP contribution in [0.2, 0.25) is 0 Å². The SMILES string of the molecule is [CH2-]OCCOS(=O)(=O)c1ccc(C)cc1. The predicted molar refractivity (Wildman–Crippen MR) is 55.6 cm³/mol. The summed E-state index contributed by atoms with van der Waals surface area (Å²) < 4.78 is 32.2. The second-order valence-electron chi connectivity index (χ2n) is 3.00. The van der Waals surface area contributed by atoms with Gasteiger partial charge in [-0.05, 0) is 19.1 Å². The maximum atomic E-state index is 11.5. The van der Waals surface area contributed by atoms with Crippen molar-refractivity contribution in [3.63, 3.8) is 0 Å². The van der Waals surface area contributed by atoms with Crippen molar-refractivity contribution < 1.29 is 17.3 Å². The van der Waals surface area contributed by atoms with E-state index < -0.39 is 10.1 Å². The molecule has 84 valence electrons. The first-order valence-electron chi connectivity index (χ1n) is 4.39. The van der Waals surface area contributed by atoms with Crippen molar-refractivity contribution in [3.05, 3.63) is 36.9 Å². The van der Waals surface area contributed by atoms with Gasteiger partial charge in [-0.3, -0.25) is 4.18 Å². The Balaban J connectivity index is 2.73. The lowest BCUT2D eigenvalue weighted by molar-refractivity contribution is 0.178. The van der Waals surface area contributed by atoms with E-state index in [1.807, 2.05) is 6.92 Å². The fourth-order valence-electron chi connectivity index (χ4n) is 0.976. The van der Waals surface area contributed by atoms with Gasteiger partial charge >= 0.3 is 0 Å². The smallest absolute Gasteiger partial charge is 0.297 e. The number of benzene rings is 1. The molecule has 15 heavy (non-hydrogen) atoms. The quantitative estimate of drug-likeness (QED) is 0.436. The third-order valence-electron chi connectivity index (χ3n) is 1.78. The van der Waals surface area contributed by atoms with Crippen molar-refractivity contribution in [2.45, 2.75) is 11.8 Å². The predicted octanol–water partition coefficient (Wildman–Crippen LogP) is 1.51. The first kappa shape index (κ1) is 12.2. The molecular weight excluding hydrogens is 216 g/mol. The van der Waals surface area contributed by atoms with Crippen molar-refractivity contribution in [1.82, 2.24) is 0 Å². The lowest BCUT2D eigenvalue weighted by atomic mass is 10.2. The maximum Gasteiger partial charge on any atom is 0.297 e. The van der Waals surface area contributed by atoms with Crippen LogP contribution in [-0.4, -0.2) is 21.6 Å². The van der Waals surface area contributed by atoms with Crippen LogP contribution in [0.1, 0.15) is 5.56 Å². The molecule has 0 heterocycles. The minimum Gasteiger partial charge on any atom is -0.553 e. The molecule has 0 amide bonds. The number of hydrogen-bond acceptors (Lipinski definition) is 4. The molecule has 0 N–H and O–H groups in total. The van der Waals surface area contributed by atoms with Crippen LogP contribution >= 0.6 is 0 Å². The van der Waals surface area contributed by atoms with Gasteiger partial charge in [-0.25, -0.2) is 7.11 Å². The Hall–Kier alpha value is -0.910. The van der Waals surface area contributed by atoms with E-state index in [4.69, 9.17) is 4.18 Å². The van der Waals surface area contributed by atoms with Crippen molar-refractivity contribution in [2.75, 3.05) is 13.2 Å². The molecule has 1 aromatic carbocycles. The molecule has 0 aliphatic heterocycles. The summed E-state index contributed by atoms with van der Waals surface area (Å²) >= 11 is 0. The van der Waals surface area contributed by atoms with Gasteiger partial charge in [0.2, 0.25) is 0 Å². The molecule has 0 fully saturated rings. The van der Waals surface area contributed by atoms with E-state index >= 15 is 0 Å². The number of aryl methyl sites for hydroxylation is 1. The van der Waals surface area contributed by atoms with E-state index in [0.717, 1.165) is 5.56 Å². The van der Waals surface area contributed by atoms with Crippen LogP contribution in [0.4, 0.5) is 0 Å². The molecular formula is C10H13O4S-. The van der Waals surface area contributed by atoms with Gasteiger partial charge in [-0.15, -0.1) is 0 Å². The van der Waals surface area contributed by atoms with E-state index in [1.54, 1.807) is 12.1 Å². The molecule has 0 radical (unpaired) electrons. The summed E-state index contributed by atoms with van der Waals surface area (Å²) in [5.41, 5.74) is 0.995. The zero-order valence-corrected chi connectivity index (χ0v) is 9.29. The van der Waals surface area contributed by atoms with Crippen molar-refractivity contribution in [3.8, 4) is 0 Å². The maximum absolute atomic E-state index is 11.5. The van der Waals surface area contributed by atoms with Gasteiger partial charge in [0.15, 0.2) is 0 Å². The second-order valence-corrected chi connectivity index (χ2v) is 4.61. The van der Waals surface area contributed by atoms with Gasteiger partial charge in [0, 0.05) is 6.61 Å². The van der Waals surface area contributed by atoms with Crippen molar-refractivity contribution in [2.24, 2.45) is 0 Å². The van der Waals surface area contributed by atoms with Crippen molar-refractivity contribution in [1.29, 1.82) is 0 Å². The first-order valence-corrected chi connectivity index (χ1v) is 5.80. The van der Waals surface area contributed by atoms with Crippen LogP contribution in [0.25, 0.3) is 0 Å². The summed E-state index contributed by atoms with van der Waals surface area (Å²) in [6.45, 7) is 2.00. The minimum atomic E-state index is -3.66. The second kappa shape index (κ2) is 5.25. The van der Waals surface area contributed by atoms with Crippen molar-refractivity contribution >= 4 is 10.1 Å². The fourth-order valence-corrected chi connectivity index (χ4v) is 1.87. The Morgan fingerprint density at radius 3 is 2.33 bits per heavy atom. The molecule has 1 rings (SSSR count). The minimum absolute atomic E-state index is 0.0281. The van der Waals surface area contributed by atoms with Gasteiger partial charge in [-0.1, -0.05) is 17.7 Å². The molecule has 4 nitrogen and oxygen atoms in total. The van der Waals surface area contributed by atoms with Crippen LogP contribution < -0.4 is 0 Å². The van der Waals surface area contributed by atoms with Gasteiger partial charge < -0.3 is 4.74 Å². The Morgan fingerprint density at radius 2 is 1.80 bits per heavy atom. The number of ether oxygens (including phenoxy) is 1. The molecule has 0 spiro atoms. The zero-order valence-electron chi connectivity index (χ0n) is 8.47. The lowest BCUT2D eigenvalue weighted by Gasteiger charge is -2.07. The molecule has 0 bridgehead atoms. The zero-order chi connectivity index (χ0) is 11.3. The lowest BCUT2D eigenvalue weighted by Crippen LogP contribution is -2.10. The van der Waals surface area contributed by atoms with Gasteiger partial charge in [0.05, 0.1) is 11.5 Å². The average molecular weight is 229 g/mol. The molecule has 0 saturated heterocycles. The summed E-state index contributed by atoms with van der Waals surface area (Å²) in [4.78, 5) is 0.150. The highest BCUT2D eigenvalue weighted by atomic mass is 32.2. The van der Waals surface area contributed by atoms with Gasteiger partial charge in [0.1, 0.15) is 0 Å². The number of hydrogen-bond donors (Lipinski definition) is 0. The highest BCUT2D eigenvalue weighted by Gasteiger charge is 2.13. The molecule has 0 aliphatic rings. The van der Waals surface area contributed by atoms with Crippen LogP contribution in [0.5, 0.6) is 0 Å². The molecule has 5 heteroatoms. The Labute approximate surface area is 90.0 Å². The summed E-state index contributed by atoms with van der Waals surface area (Å²) in [5.74, 6) is 0. The molecule has 0 aliphatic carbocycles. The molecule has 1 aromatic rings. The van der Waals surface area contributed by atoms with E-state index in [2.05, 4.69) is 11.8 Å². The number of rotatable bonds is 5. The van der Waals surface area contributed by atoms with Crippen LogP contribution in [0, 0.1) is 14.0 Å². The third-order valence-corrected chi connectivity index (χ3v) is 3.10. The third kappa shape index (κ3) is 3.62. The van der Waals surface area contributed by atoms with Crippen LogP contribution in [0.15, 0.2) is 29.2 Å². The fraction of sp³-hybridized carbons (Fsp3) is 0.300. The average Bonchev–Trinajstić information content (AvgIpc) is 2.18. The molecule has 0 aromatic heterocycles. The molecule has 0 atom stereocenters. The Morgan fingerprint density at radius 1 is 1.20 bits per heavy atom. The van der Waals surface area contributed by atoms with E-state index in [-0.39, 0.29) is 18.1 Å². The highest BCUT2D eigenvalue weighted by molar-refractivity contribution is 7.86.